The molecule has 0 fully saturated rings. The molecule has 0 unspecified atom stereocenters. The van der Waals surface area contributed by atoms with Gasteiger partial charge in [0, 0.05) is 6.42 Å². The molecule has 140 valence electrons. The van der Waals surface area contributed by atoms with E-state index in [4.69, 9.17) is 14.2 Å². The maximum atomic E-state index is 12.5. The van der Waals surface area contributed by atoms with E-state index < -0.39 is 0 Å². The number of ether oxygens (including phenoxy) is 3. The molecule has 2 aromatic rings. The zero-order valence-electron chi connectivity index (χ0n) is 15.8. The number of ketones is 1. The van der Waals surface area contributed by atoms with Gasteiger partial charge in [-0.25, -0.2) is 4.79 Å². The van der Waals surface area contributed by atoms with Crippen molar-refractivity contribution in [1.82, 2.24) is 9.55 Å². The van der Waals surface area contributed by atoms with Crippen molar-refractivity contribution in [2.24, 2.45) is 5.41 Å². The predicted octanol–water partition coefficient (Wildman–Crippen LogP) is 2.41. The van der Waals surface area contributed by atoms with Gasteiger partial charge in [0.05, 0.1) is 33.6 Å². The van der Waals surface area contributed by atoms with Crippen LogP contribution < -0.4 is 19.9 Å². The van der Waals surface area contributed by atoms with E-state index in [-0.39, 0.29) is 16.9 Å². The van der Waals surface area contributed by atoms with Crippen molar-refractivity contribution in [1.29, 1.82) is 0 Å². The van der Waals surface area contributed by atoms with Gasteiger partial charge < -0.3 is 19.2 Å². The summed E-state index contributed by atoms with van der Waals surface area (Å²) in [5, 5.41) is 0. The van der Waals surface area contributed by atoms with Crippen molar-refractivity contribution in [2.45, 2.75) is 33.2 Å². The number of fused-ring (bicyclic) bond motifs is 1. The van der Waals surface area contributed by atoms with E-state index in [9.17, 15) is 9.59 Å². The Morgan fingerprint density at radius 2 is 1.65 bits per heavy atom. The Labute approximate surface area is 151 Å². The van der Waals surface area contributed by atoms with Gasteiger partial charge in [0.15, 0.2) is 17.3 Å². The van der Waals surface area contributed by atoms with Crippen LogP contribution in [0, 0.1) is 5.41 Å². The van der Waals surface area contributed by atoms with E-state index in [1.165, 1.54) is 0 Å². The van der Waals surface area contributed by atoms with E-state index in [0.29, 0.717) is 42.3 Å². The summed E-state index contributed by atoms with van der Waals surface area (Å²) in [6.07, 6.45) is 1.10. The maximum absolute atomic E-state index is 12.5. The molecule has 0 saturated heterocycles. The second kappa shape index (κ2) is 6.55. The topological polar surface area (TPSA) is 82.6 Å². The van der Waals surface area contributed by atoms with Gasteiger partial charge in [-0.1, -0.05) is 13.8 Å². The lowest BCUT2D eigenvalue weighted by molar-refractivity contribution is 0.0905. The normalized spacial score (nSPS) is 15.5. The van der Waals surface area contributed by atoms with Gasteiger partial charge in [-0.05, 0) is 29.5 Å². The van der Waals surface area contributed by atoms with Crippen LogP contribution >= 0.6 is 0 Å². The third-order valence-corrected chi connectivity index (χ3v) is 4.72. The molecule has 0 radical (unpaired) electrons. The lowest BCUT2D eigenvalue weighted by Crippen LogP contribution is -2.29. The first kappa shape index (κ1) is 18.1. The number of aromatic nitrogens is 2. The minimum Gasteiger partial charge on any atom is -0.493 e. The summed E-state index contributed by atoms with van der Waals surface area (Å²) in [4.78, 5) is 27.6. The summed E-state index contributed by atoms with van der Waals surface area (Å²) in [6.45, 7) is 4.38. The van der Waals surface area contributed by atoms with E-state index >= 15 is 0 Å². The Kier molecular flexibility index (Phi) is 4.56. The zero-order valence-corrected chi connectivity index (χ0v) is 15.8. The van der Waals surface area contributed by atoms with E-state index in [2.05, 4.69) is 4.98 Å². The van der Waals surface area contributed by atoms with Crippen molar-refractivity contribution >= 4 is 5.78 Å². The van der Waals surface area contributed by atoms with Gasteiger partial charge in [-0.3, -0.25) is 9.36 Å². The fourth-order valence-corrected chi connectivity index (χ4v) is 3.53. The average molecular weight is 360 g/mol. The van der Waals surface area contributed by atoms with Crippen molar-refractivity contribution in [3.8, 4) is 17.2 Å². The number of benzene rings is 1. The number of rotatable bonds is 5. The van der Waals surface area contributed by atoms with Crippen molar-refractivity contribution in [3.63, 3.8) is 0 Å². The van der Waals surface area contributed by atoms with Gasteiger partial charge in [-0.2, -0.15) is 0 Å². The van der Waals surface area contributed by atoms with Crippen LogP contribution in [0.4, 0.5) is 0 Å². The Bertz CT molecular complexity index is 882. The lowest BCUT2D eigenvalue weighted by Gasteiger charge is -2.28. The van der Waals surface area contributed by atoms with Crippen LogP contribution in [0.1, 0.15) is 42.0 Å². The fraction of sp³-hybridized carbons (Fsp3) is 0.474. The Morgan fingerprint density at radius 3 is 2.19 bits per heavy atom. The molecule has 0 spiro atoms. The van der Waals surface area contributed by atoms with Gasteiger partial charge >= 0.3 is 5.69 Å². The van der Waals surface area contributed by atoms with Crippen LogP contribution in [-0.2, 0) is 13.0 Å². The summed E-state index contributed by atoms with van der Waals surface area (Å²) >= 11 is 0. The minimum absolute atomic E-state index is 0.0167. The molecule has 1 aliphatic carbocycles. The summed E-state index contributed by atoms with van der Waals surface area (Å²) in [5.41, 5.74) is 1.55. The number of nitrogens with zero attached hydrogens (tertiary/aromatic N) is 1. The number of imidazole rings is 1. The summed E-state index contributed by atoms with van der Waals surface area (Å²) in [6, 6.07) is 3.62. The number of nitrogens with one attached hydrogen (secondary N) is 1. The van der Waals surface area contributed by atoms with Crippen LogP contribution in [0.5, 0.6) is 17.2 Å². The van der Waals surface area contributed by atoms with E-state index in [1.807, 2.05) is 26.0 Å². The highest BCUT2D eigenvalue weighted by atomic mass is 16.5. The highest BCUT2D eigenvalue weighted by Crippen LogP contribution is 2.39. The second-order valence-corrected chi connectivity index (χ2v) is 7.31. The van der Waals surface area contributed by atoms with Crippen LogP contribution in [0.15, 0.2) is 16.9 Å². The SMILES string of the molecule is COc1cc(Cn2c3c([nH]c2=O)C(=O)CC(C)(C)C3)cc(OC)c1OC. The van der Waals surface area contributed by atoms with Gasteiger partial charge in [0.2, 0.25) is 5.75 Å². The number of Topliss-reactive ketones (excluding diaryl/α,β-unsaturated/α-hetero) is 1. The van der Waals surface area contributed by atoms with Crippen LogP contribution in [0.25, 0.3) is 0 Å². The zero-order chi connectivity index (χ0) is 19.1. The predicted molar refractivity (Wildman–Crippen MR) is 96.7 cm³/mol. The standard InChI is InChI=1S/C19H24N2O5/c1-19(2)8-12-16(13(22)9-19)20-18(23)21(12)10-11-6-14(24-3)17(26-5)15(7-11)25-4/h6-7H,8-10H2,1-5H3,(H,20,23). The Morgan fingerprint density at radius 1 is 1.04 bits per heavy atom. The largest absolute Gasteiger partial charge is 0.493 e. The Balaban J connectivity index is 2.06. The quantitative estimate of drug-likeness (QED) is 0.885. The number of hydrogen-bond donors (Lipinski definition) is 1. The molecule has 1 aromatic carbocycles. The highest BCUT2D eigenvalue weighted by Gasteiger charge is 2.34. The monoisotopic (exact) mass is 360 g/mol. The van der Waals surface area contributed by atoms with Crippen molar-refractivity contribution in [3.05, 3.63) is 39.6 Å². The summed E-state index contributed by atoms with van der Waals surface area (Å²) in [7, 11) is 4.64. The summed E-state index contributed by atoms with van der Waals surface area (Å²) in [5.74, 6) is 1.53. The first-order chi connectivity index (χ1) is 12.3. The van der Waals surface area contributed by atoms with Gasteiger partial charge in [0.1, 0.15) is 5.69 Å². The van der Waals surface area contributed by atoms with Crippen molar-refractivity contribution < 1.29 is 19.0 Å². The third kappa shape index (κ3) is 3.09. The third-order valence-electron chi connectivity index (χ3n) is 4.72. The molecule has 1 heterocycles. The number of H-pyrrole nitrogens is 1. The molecule has 0 atom stereocenters. The number of methoxy groups -OCH3 is 3. The smallest absolute Gasteiger partial charge is 0.326 e. The molecule has 0 saturated carbocycles. The number of aromatic amines is 1. The average Bonchev–Trinajstić information content (AvgIpc) is 2.89. The van der Waals surface area contributed by atoms with E-state index in [0.717, 1.165) is 11.3 Å². The highest BCUT2D eigenvalue weighted by molar-refractivity contribution is 5.96. The van der Waals surface area contributed by atoms with Crippen LogP contribution in [0.3, 0.4) is 0 Å². The van der Waals surface area contributed by atoms with Crippen LogP contribution in [0.2, 0.25) is 0 Å². The van der Waals surface area contributed by atoms with Crippen LogP contribution in [-0.4, -0.2) is 36.7 Å². The molecule has 0 amide bonds. The maximum Gasteiger partial charge on any atom is 0.326 e. The molecular weight excluding hydrogens is 336 g/mol. The number of carbonyl (C=O) groups is 1. The molecule has 1 N–H and O–H groups in total. The molecule has 7 heteroatoms. The number of carbonyl (C=O) groups excluding carboxylic acids is 1. The Hall–Kier alpha value is -2.70. The minimum atomic E-state index is -0.283. The number of hydrogen-bond acceptors (Lipinski definition) is 5. The second-order valence-electron chi connectivity index (χ2n) is 7.31. The molecule has 0 aliphatic heterocycles. The first-order valence-electron chi connectivity index (χ1n) is 8.43. The molecule has 0 bridgehead atoms. The fourth-order valence-electron chi connectivity index (χ4n) is 3.53. The van der Waals surface area contributed by atoms with E-state index in [1.54, 1.807) is 25.9 Å². The molecule has 7 nitrogen and oxygen atoms in total. The van der Waals surface area contributed by atoms with Gasteiger partial charge in [0.25, 0.3) is 0 Å². The lowest BCUT2D eigenvalue weighted by atomic mass is 9.77. The van der Waals surface area contributed by atoms with Crippen molar-refractivity contribution in [2.75, 3.05) is 21.3 Å². The van der Waals surface area contributed by atoms with Gasteiger partial charge in [-0.15, -0.1) is 0 Å². The molecule has 1 aliphatic rings. The molecule has 3 rings (SSSR count). The molecule has 1 aromatic heterocycles. The first-order valence-corrected chi connectivity index (χ1v) is 8.43. The molecule has 26 heavy (non-hydrogen) atoms. The molecular formula is C19H24N2O5. The summed E-state index contributed by atoms with van der Waals surface area (Å²) < 4.78 is 17.7.